The highest BCUT2D eigenvalue weighted by Crippen LogP contribution is 2.39. The Morgan fingerprint density at radius 2 is 2.00 bits per heavy atom. The van der Waals surface area contributed by atoms with Gasteiger partial charge in [0.1, 0.15) is 0 Å². The molecule has 0 aliphatic heterocycles. The molecule has 1 aromatic rings. The molecule has 0 unspecified atom stereocenters. The van der Waals surface area contributed by atoms with Crippen molar-refractivity contribution in [1.82, 2.24) is 0 Å². The molecule has 1 aliphatic rings. The summed E-state index contributed by atoms with van der Waals surface area (Å²) in [6, 6.07) is 3.39. The molecule has 94 valence electrons. The van der Waals surface area contributed by atoms with Crippen molar-refractivity contribution in [2.45, 2.75) is 37.6 Å². The average molecular weight is 245 g/mol. The van der Waals surface area contributed by atoms with E-state index < -0.39 is 23.9 Å². The number of nitrogens with two attached hydrogens (primary N) is 1. The highest BCUT2D eigenvalue weighted by molar-refractivity contribution is 5.40. The molecule has 0 amide bonds. The molecular weight excluding hydrogens is 231 g/mol. The van der Waals surface area contributed by atoms with Gasteiger partial charge < -0.3 is 10.8 Å². The van der Waals surface area contributed by atoms with Crippen molar-refractivity contribution in [2.75, 3.05) is 0 Å². The monoisotopic (exact) mass is 245 g/mol. The molecule has 0 saturated heterocycles. The third-order valence-corrected chi connectivity index (χ3v) is 3.19. The first-order valence-corrected chi connectivity index (χ1v) is 5.54. The van der Waals surface area contributed by atoms with Gasteiger partial charge in [0, 0.05) is 6.04 Å². The van der Waals surface area contributed by atoms with Crippen molar-refractivity contribution < 1.29 is 18.3 Å². The van der Waals surface area contributed by atoms with Crippen LogP contribution in [0.15, 0.2) is 18.2 Å². The number of fused-ring (bicyclic) bond motifs is 1. The van der Waals surface area contributed by atoms with Crippen LogP contribution in [0.2, 0.25) is 0 Å². The van der Waals surface area contributed by atoms with E-state index in [1.807, 2.05) is 0 Å². The summed E-state index contributed by atoms with van der Waals surface area (Å²) >= 11 is 0. The van der Waals surface area contributed by atoms with E-state index in [0.29, 0.717) is 24.8 Å². The summed E-state index contributed by atoms with van der Waals surface area (Å²) in [6.45, 7) is 0. The number of rotatable bonds is 0. The highest BCUT2D eigenvalue weighted by atomic mass is 19.4. The van der Waals surface area contributed by atoms with E-state index in [4.69, 9.17) is 5.73 Å². The van der Waals surface area contributed by atoms with Gasteiger partial charge in [0.2, 0.25) is 0 Å². The van der Waals surface area contributed by atoms with E-state index in [1.54, 1.807) is 6.07 Å². The first kappa shape index (κ1) is 12.4. The Labute approximate surface area is 97.2 Å². The highest BCUT2D eigenvalue weighted by Gasteiger charge is 2.37. The normalized spacial score (nSPS) is 25.2. The number of alkyl halides is 3. The largest absolute Gasteiger partial charge is 0.416 e. The predicted molar refractivity (Wildman–Crippen MR) is 57.3 cm³/mol. The zero-order chi connectivity index (χ0) is 12.6. The minimum absolute atomic E-state index is 0.0370. The molecular formula is C12H14F3NO. The molecule has 0 heterocycles. The molecule has 2 nitrogen and oxygen atoms in total. The number of aliphatic hydroxyl groups excluding tert-OH is 1. The topological polar surface area (TPSA) is 46.2 Å². The lowest BCUT2D eigenvalue weighted by Crippen LogP contribution is -2.29. The second-order valence-corrected chi connectivity index (χ2v) is 4.38. The molecule has 1 aliphatic carbocycles. The quantitative estimate of drug-likeness (QED) is 0.689. The third kappa shape index (κ3) is 2.30. The van der Waals surface area contributed by atoms with Crippen LogP contribution in [0.5, 0.6) is 0 Å². The summed E-state index contributed by atoms with van der Waals surface area (Å²) in [5, 5.41) is 9.93. The first-order valence-electron chi connectivity index (χ1n) is 5.54. The molecule has 17 heavy (non-hydrogen) atoms. The lowest BCUT2D eigenvalue weighted by Gasteiger charge is -2.22. The Hall–Kier alpha value is -1.07. The van der Waals surface area contributed by atoms with Gasteiger partial charge >= 0.3 is 6.18 Å². The second kappa shape index (κ2) is 4.31. The van der Waals surface area contributed by atoms with Gasteiger partial charge in [-0.05, 0) is 36.5 Å². The fraction of sp³-hybridized carbons (Fsp3) is 0.500. The van der Waals surface area contributed by atoms with Gasteiger partial charge in [-0.25, -0.2) is 0 Å². The smallest absolute Gasteiger partial charge is 0.387 e. The summed E-state index contributed by atoms with van der Waals surface area (Å²) in [7, 11) is 0. The predicted octanol–water partition coefficient (Wildman–Crippen LogP) is 2.40. The van der Waals surface area contributed by atoms with Crippen molar-refractivity contribution in [3.8, 4) is 0 Å². The van der Waals surface area contributed by atoms with E-state index in [0.717, 1.165) is 6.07 Å². The molecule has 0 radical (unpaired) electrons. The van der Waals surface area contributed by atoms with Crippen molar-refractivity contribution in [3.05, 3.63) is 34.9 Å². The first-order chi connectivity index (χ1) is 7.91. The number of aryl methyl sites for hydroxylation is 1. The maximum atomic E-state index is 12.9. The maximum Gasteiger partial charge on any atom is 0.416 e. The Balaban J connectivity index is 2.58. The van der Waals surface area contributed by atoms with E-state index in [1.165, 1.54) is 6.07 Å². The van der Waals surface area contributed by atoms with Crippen LogP contribution >= 0.6 is 0 Å². The van der Waals surface area contributed by atoms with E-state index in [9.17, 15) is 18.3 Å². The van der Waals surface area contributed by atoms with Crippen LogP contribution in [0.25, 0.3) is 0 Å². The minimum atomic E-state index is -4.45. The van der Waals surface area contributed by atoms with Crippen molar-refractivity contribution >= 4 is 0 Å². The van der Waals surface area contributed by atoms with Crippen LogP contribution in [-0.2, 0) is 12.6 Å². The molecule has 2 rings (SSSR count). The third-order valence-electron chi connectivity index (χ3n) is 3.19. The summed E-state index contributed by atoms with van der Waals surface area (Å²) in [6.07, 6.45) is -3.91. The van der Waals surface area contributed by atoms with Gasteiger partial charge in [0.05, 0.1) is 11.7 Å². The average Bonchev–Trinajstić information content (AvgIpc) is 2.39. The summed E-state index contributed by atoms with van der Waals surface area (Å²) < 4.78 is 38.6. The second-order valence-electron chi connectivity index (χ2n) is 4.38. The molecule has 0 saturated carbocycles. The van der Waals surface area contributed by atoms with Gasteiger partial charge in [-0.1, -0.05) is 12.1 Å². The number of hydrogen-bond acceptors (Lipinski definition) is 2. The number of halogens is 3. The van der Waals surface area contributed by atoms with E-state index in [-0.39, 0.29) is 5.56 Å². The summed E-state index contributed by atoms with van der Waals surface area (Å²) in [5.74, 6) is 0. The van der Waals surface area contributed by atoms with Gasteiger partial charge in [0.15, 0.2) is 0 Å². The Morgan fingerprint density at radius 3 is 2.65 bits per heavy atom. The Bertz CT molecular complexity index is 417. The minimum Gasteiger partial charge on any atom is -0.387 e. The van der Waals surface area contributed by atoms with Gasteiger partial charge in [-0.2, -0.15) is 13.2 Å². The zero-order valence-corrected chi connectivity index (χ0v) is 9.17. The molecule has 1 aromatic carbocycles. The van der Waals surface area contributed by atoms with Crippen molar-refractivity contribution in [1.29, 1.82) is 0 Å². The van der Waals surface area contributed by atoms with Crippen LogP contribution in [0.3, 0.4) is 0 Å². The Morgan fingerprint density at radius 1 is 1.29 bits per heavy atom. The van der Waals surface area contributed by atoms with E-state index in [2.05, 4.69) is 0 Å². The summed E-state index contributed by atoms with van der Waals surface area (Å²) in [4.78, 5) is 0. The molecule has 0 aromatic heterocycles. The molecule has 5 heteroatoms. The van der Waals surface area contributed by atoms with Crippen LogP contribution < -0.4 is 5.73 Å². The number of hydrogen-bond donors (Lipinski definition) is 2. The SMILES string of the molecule is N[C@H]1CCCc2cccc(C(F)(F)F)c2[C@@H]1O. The van der Waals surface area contributed by atoms with E-state index >= 15 is 0 Å². The van der Waals surface area contributed by atoms with Crippen LogP contribution in [0, 0.1) is 0 Å². The Kier molecular flexibility index (Phi) is 3.14. The van der Waals surface area contributed by atoms with Crippen LogP contribution in [-0.4, -0.2) is 11.1 Å². The van der Waals surface area contributed by atoms with Crippen molar-refractivity contribution in [2.24, 2.45) is 5.73 Å². The zero-order valence-electron chi connectivity index (χ0n) is 9.17. The molecule has 3 N–H and O–H groups in total. The molecule has 0 fully saturated rings. The van der Waals surface area contributed by atoms with Crippen molar-refractivity contribution in [3.63, 3.8) is 0 Å². The van der Waals surface area contributed by atoms with Gasteiger partial charge in [-0.15, -0.1) is 0 Å². The van der Waals surface area contributed by atoms with Gasteiger partial charge in [0.25, 0.3) is 0 Å². The van der Waals surface area contributed by atoms with Crippen LogP contribution in [0.4, 0.5) is 13.2 Å². The lowest BCUT2D eigenvalue weighted by atomic mass is 9.93. The molecule has 2 atom stereocenters. The fourth-order valence-electron chi connectivity index (χ4n) is 2.33. The van der Waals surface area contributed by atoms with Crippen LogP contribution in [0.1, 0.15) is 35.6 Å². The number of benzene rings is 1. The number of aliphatic hydroxyl groups is 1. The fourth-order valence-corrected chi connectivity index (χ4v) is 2.33. The summed E-state index contributed by atoms with van der Waals surface area (Å²) in [5.41, 5.74) is 5.44. The van der Waals surface area contributed by atoms with Gasteiger partial charge in [-0.3, -0.25) is 0 Å². The maximum absolute atomic E-state index is 12.9. The lowest BCUT2D eigenvalue weighted by molar-refractivity contribution is -0.139. The standard InChI is InChI=1S/C12H14F3NO/c13-12(14,15)8-5-1-3-7-4-2-6-9(16)11(17)10(7)8/h1,3,5,9,11,17H,2,4,6,16H2/t9-,11+/m0/s1. The molecule has 0 bridgehead atoms. The molecule has 0 spiro atoms.